The second-order valence-electron chi connectivity index (χ2n) is 5.36. The summed E-state index contributed by atoms with van der Waals surface area (Å²) in [6.07, 6.45) is 1.38. The van der Waals surface area contributed by atoms with Crippen molar-refractivity contribution in [2.75, 3.05) is 4.90 Å². The third-order valence-corrected chi connectivity index (χ3v) is 4.18. The Morgan fingerprint density at radius 2 is 1.62 bits per heavy atom. The van der Waals surface area contributed by atoms with Gasteiger partial charge in [-0.15, -0.1) is 0 Å². The maximum absolute atomic E-state index is 12.7. The summed E-state index contributed by atoms with van der Waals surface area (Å²) in [6, 6.07) is 11.2. The lowest BCUT2D eigenvalue weighted by atomic mass is 10.1. The van der Waals surface area contributed by atoms with Crippen LogP contribution in [0.1, 0.15) is 15.9 Å². The molecule has 0 atom stereocenters. The van der Waals surface area contributed by atoms with Crippen molar-refractivity contribution >= 4 is 51.5 Å². The highest BCUT2D eigenvalue weighted by Crippen LogP contribution is 2.23. The highest BCUT2D eigenvalue weighted by atomic mass is 79.9. The molecule has 0 radical (unpaired) electrons. The largest absolute Gasteiger partial charge is 0.478 e. The molecule has 4 amide bonds. The number of carbonyl (C=O) groups excluding carboxylic acids is 3. The molecule has 0 spiro atoms. The molecule has 3 rings (SSSR count). The molecule has 1 aliphatic heterocycles. The average Bonchev–Trinajstić information content (AvgIpc) is 2.60. The predicted molar refractivity (Wildman–Crippen MR) is 96.5 cm³/mol. The van der Waals surface area contributed by atoms with Crippen molar-refractivity contribution in [3.8, 4) is 0 Å². The smallest absolute Gasteiger partial charge is 0.335 e. The van der Waals surface area contributed by atoms with Gasteiger partial charge in [0.2, 0.25) is 0 Å². The summed E-state index contributed by atoms with van der Waals surface area (Å²) >= 11 is 3.30. The molecule has 2 aromatic rings. The van der Waals surface area contributed by atoms with Crippen molar-refractivity contribution in [3.05, 3.63) is 69.7 Å². The van der Waals surface area contributed by atoms with Crippen LogP contribution in [0.25, 0.3) is 6.08 Å². The van der Waals surface area contributed by atoms with Crippen LogP contribution in [0.15, 0.2) is 58.6 Å². The molecule has 0 saturated carbocycles. The summed E-state index contributed by atoms with van der Waals surface area (Å²) in [7, 11) is 0. The number of halogens is 1. The molecule has 1 fully saturated rings. The number of imide groups is 2. The predicted octanol–water partition coefficient (Wildman–Crippen LogP) is 2.81. The van der Waals surface area contributed by atoms with Gasteiger partial charge in [0.05, 0.1) is 11.3 Å². The number of carbonyl (C=O) groups is 4. The topological polar surface area (TPSA) is 104 Å². The number of benzene rings is 2. The van der Waals surface area contributed by atoms with Gasteiger partial charge in [0, 0.05) is 4.47 Å². The van der Waals surface area contributed by atoms with Gasteiger partial charge in [-0.3, -0.25) is 14.9 Å². The quantitative estimate of drug-likeness (QED) is 0.593. The lowest BCUT2D eigenvalue weighted by molar-refractivity contribution is -0.122. The van der Waals surface area contributed by atoms with E-state index < -0.39 is 23.8 Å². The summed E-state index contributed by atoms with van der Waals surface area (Å²) in [5, 5.41) is 11.0. The first-order chi connectivity index (χ1) is 12.4. The van der Waals surface area contributed by atoms with Crippen LogP contribution in [0.4, 0.5) is 10.5 Å². The van der Waals surface area contributed by atoms with E-state index in [2.05, 4.69) is 21.2 Å². The van der Waals surface area contributed by atoms with E-state index >= 15 is 0 Å². The van der Waals surface area contributed by atoms with Gasteiger partial charge in [0.25, 0.3) is 11.8 Å². The summed E-state index contributed by atoms with van der Waals surface area (Å²) in [6.45, 7) is 0. The number of hydrogen-bond acceptors (Lipinski definition) is 4. The normalized spacial score (nSPS) is 16.0. The molecule has 130 valence electrons. The van der Waals surface area contributed by atoms with Gasteiger partial charge in [-0.2, -0.15) is 0 Å². The van der Waals surface area contributed by atoms with Crippen molar-refractivity contribution < 1.29 is 24.3 Å². The standard InChI is InChI=1S/C18H11BrN2O5/c19-12-5-1-10(2-6-12)9-14-15(22)20-18(26)21(16(14)23)13-7-3-11(4-8-13)17(24)25/h1-9H,(H,24,25)(H,20,22,26)/b14-9+. The third-order valence-electron chi connectivity index (χ3n) is 3.66. The number of anilines is 1. The van der Waals surface area contributed by atoms with Gasteiger partial charge in [-0.25, -0.2) is 14.5 Å². The van der Waals surface area contributed by atoms with Crippen molar-refractivity contribution in [3.63, 3.8) is 0 Å². The number of nitrogens with zero attached hydrogens (tertiary/aromatic N) is 1. The minimum absolute atomic E-state index is 0.0142. The summed E-state index contributed by atoms with van der Waals surface area (Å²) in [5.74, 6) is -2.71. The zero-order valence-electron chi connectivity index (χ0n) is 13.1. The molecule has 26 heavy (non-hydrogen) atoms. The summed E-state index contributed by atoms with van der Waals surface area (Å²) < 4.78 is 0.842. The van der Waals surface area contributed by atoms with Gasteiger partial charge >= 0.3 is 12.0 Å². The van der Waals surface area contributed by atoms with Crippen molar-refractivity contribution in [1.82, 2.24) is 5.32 Å². The average molecular weight is 415 g/mol. The molecule has 0 bridgehead atoms. The number of barbiturate groups is 1. The first-order valence-corrected chi connectivity index (χ1v) is 8.16. The van der Waals surface area contributed by atoms with E-state index in [9.17, 15) is 19.2 Å². The van der Waals surface area contributed by atoms with Crippen LogP contribution >= 0.6 is 15.9 Å². The lowest BCUT2D eigenvalue weighted by Gasteiger charge is -2.26. The Kier molecular flexibility index (Phi) is 4.68. The fraction of sp³-hybridized carbons (Fsp3) is 0. The van der Waals surface area contributed by atoms with Crippen LogP contribution < -0.4 is 10.2 Å². The maximum atomic E-state index is 12.7. The number of rotatable bonds is 3. The van der Waals surface area contributed by atoms with Crippen LogP contribution in [-0.2, 0) is 9.59 Å². The fourth-order valence-corrected chi connectivity index (χ4v) is 2.64. The first kappa shape index (κ1) is 17.6. The van der Waals surface area contributed by atoms with E-state index in [-0.39, 0.29) is 16.8 Å². The molecule has 1 heterocycles. The van der Waals surface area contributed by atoms with E-state index in [0.29, 0.717) is 5.56 Å². The van der Waals surface area contributed by atoms with Gasteiger partial charge in [0.1, 0.15) is 5.57 Å². The number of urea groups is 1. The maximum Gasteiger partial charge on any atom is 0.335 e. The monoisotopic (exact) mass is 414 g/mol. The number of amides is 4. The molecule has 0 unspecified atom stereocenters. The Morgan fingerprint density at radius 1 is 1.00 bits per heavy atom. The van der Waals surface area contributed by atoms with Crippen LogP contribution in [-0.4, -0.2) is 28.9 Å². The first-order valence-electron chi connectivity index (χ1n) is 7.37. The second kappa shape index (κ2) is 6.93. The van der Waals surface area contributed by atoms with Crippen LogP contribution in [0.2, 0.25) is 0 Å². The van der Waals surface area contributed by atoms with Crippen LogP contribution in [0, 0.1) is 0 Å². The van der Waals surface area contributed by atoms with Gasteiger partial charge in [-0.1, -0.05) is 28.1 Å². The van der Waals surface area contributed by atoms with Gasteiger partial charge in [-0.05, 0) is 48.0 Å². The van der Waals surface area contributed by atoms with Crippen molar-refractivity contribution in [1.29, 1.82) is 0 Å². The van der Waals surface area contributed by atoms with E-state index in [1.807, 2.05) is 0 Å². The Bertz CT molecular complexity index is 949. The number of carboxylic acid groups (broad SMARTS) is 1. The number of carboxylic acids is 1. The Balaban J connectivity index is 1.97. The Morgan fingerprint density at radius 3 is 2.19 bits per heavy atom. The molecule has 1 saturated heterocycles. The van der Waals surface area contributed by atoms with Gasteiger partial charge < -0.3 is 5.11 Å². The highest BCUT2D eigenvalue weighted by molar-refractivity contribution is 9.10. The highest BCUT2D eigenvalue weighted by Gasteiger charge is 2.36. The zero-order valence-corrected chi connectivity index (χ0v) is 14.7. The molecule has 0 aromatic heterocycles. The molecule has 0 aliphatic carbocycles. The number of nitrogens with one attached hydrogen (secondary N) is 1. The molecule has 1 aliphatic rings. The van der Waals surface area contributed by atoms with E-state index in [1.165, 1.54) is 30.3 Å². The molecule has 2 N–H and O–H groups in total. The minimum Gasteiger partial charge on any atom is -0.478 e. The SMILES string of the molecule is O=C1NC(=O)N(c2ccc(C(=O)O)cc2)C(=O)/C1=C/c1ccc(Br)cc1. The van der Waals surface area contributed by atoms with E-state index in [1.54, 1.807) is 24.3 Å². The summed E-state index contributed by atoms with van der Waals surface area (Å²) in [5.41, 5.74) is 0.587. The van der Waals surface area contributed by atoms with Crippen molar-refractivity contribution in [2.45, 2.75) is 0 Å². The number of aromatic carboxylic acids is 1. The fourth-order valence-electron chi connectivity index (χ4n) is 2.37. The van der Waals surface area contributed by atoms with Crippen LogP contribution in [0.5, 0.6) is 0 Å². The lowest BCUT2D eigenvalue weighted by Crippen LogP contribution is -2.54. The Hall–Kier alpha value is -3.26. The second-order valence-corrected chi connectivity index (χ2v) is 6.28. The zero-order chi connectivity index (χ0) is 18.8. The van der Waals surface area contributed by atoms with E-state index in [0.717, 1.165) is 9.37 Å². The molecule has 2 aromatic carbocycles. The van der Waals surface area contributed by atoms with E-state index in [4.69, 9.17) is 5.11 Å². The molecular weight excluding hydrogens is 404 g/mol. The minimum atomic E-state index is -1.13. The third kappa shape index (κ3) is 3.40. The summed E-state index contributed by atoms with van der Waals surface area (Å²) in [4.78, 5) is 48.6. The molecule has 8 heteroatoms. The van der Waals surface area contributed by atoms with Gasteiger partial charge in [0.15, 0.2) is 0 Å². The molecular formula is C18H11BrN2O5. The molecule has 7 nitrogen and oxygen atoms in total. The van der Waals surface area contributed by atoms with Crippen LogP contribution in [0.3, 0.4) is 0 Å². The van der Waals surface area contributed by atoms with Crippen molar-refractivity contribution in [2.24, 2.45) is 0 Å². The number of hydrogen-bond donors (Lipinski definition) is 2. The Labute approximate surface area is 156 Å².